The van der Waals surface area contributed by atoms with Crippen LogP contribution in [0.3, 0.4) is 0 Å². The van der Waals surface area contributed by atoms with E-state index in [4.69, 9.17) is 22.6 Å². The molecular weight excluding hydrogens is 310 g/mol. The van der Waals surface area contributed by atoms with Gasteiger partial charge in [0.1, 0.15) is 6.07 Å². The Morgan fingerprint density at radius 2 is 2.10 bits per heavy atom. The van der Waals surface area contributed by atoms with Crippen LogP contribution in [0.5, 0.6) is 0 Å². The first-order valence-electron chi connectivity index (χ1n) is 6.57. The van der Waals surface area contributed by atoms with Gasteiger partial charge in [-0.3, -0.25) is 0 Å². The maximum absolute atomic E-state index is 12.4. The number of benzene rings is 1. The molecule has 1 aromatic rings. The van der Waals surface area contributed by atoms with Crippen LogP contribution in [0.15, 0.2) is 23.1 Å². The molecule has 116 valence electrons. The molecule has 0 aliphatic heterocycles. The lowest BCUT2D eigenvalue weighted by molar-refractivity contribution is 0.344. The molecule has 0 fully saturated rings. The van der Waals surface area contributed by atoms with E-state index in [9.17, 15) is 8.42 Å². The third-order valence-electron chi connectivity index (χ3n) is 3.06. The highest BCUT2D eigenvalue weighted by Gasteiger charge is 2.30. The lowest BCUT2D eigenvalue weighted by Gasteiger charge is -2.30. The van der Waals surface area contributed by atoms with E-state index in [0.717, 1.165) is 0 Å². The monoisotopic (exact) mass is 329 g/mol. The molecule has 7 heteroatoms. The van der Waals surface area contributed by atoms with Crippen molar-refractivity contribution in [2.75, 3.05) is 6.54 Å². The van der Waals surface area contributed by atoms with Crippen LogP contribution in [0.25, 0.3) is 0 Å². The van der Waals surface area contributed by atoms with Crippen molar-refractivity contribution >= 4 is 21.6 Å². The van der Waals surface area contributed by atoms with E-state index >= 15 is 0 Å². The summed E-state index contributed by atoms with van der Waals surface area (Å²) in [6, 6.07) is 5.90. The molecular formula is C14H20ClN3O2S. The third kappa shape index (κ3) is 4.68. The number of nitrogens with one attached hydrogen (secondary N) is 1. The summed E-state index contributed by atoms with van der Waals surface area (Å²) >= 11 is 5.82. The summed E-state index contributed by atoms with van der Waals surface area (Å²) in [4.78, 5) is 0.00637. The topological polar surface area (TPSA) is 96.0 Å². The number of nitriles is 1. The van der Waals surface area contributed by atoms with Crippen LogP contribution in [0, 0.1) is 17.2 Å². The Bertz CT molecular complexity index is 653. The van der Waals surface area contributed by atoms with Gasteiger partial charge in [-0.15, -0.1) is 0 Å². The van der Waals surface area contributed by atoms with E-state index in [1.54, 1.807) is 6.92 Å². The van der Waals surface area contributed by atoms with Gasteiger partial charge in [0.2, 0.25) is 10.0 Å². The van der Waals surface area contributed by atoms with Crippen LogP contribution >= 0.6 is 11.6 Å². The number of sulfonamides is 1. The first kappa shape index (κ1) is 17.9. The summed E-state index contributed by atoms with van der Waals surface area (Å²) in [5.74, 6) is 0.293. The molecule has 21 heavy (non-hydrogen) atoms. The van der Waals surface area contributed by atoms with Crippen molar-refractivity contribution < 1.29 is 8.42 Å². The Balaban J connectivity index is 3.14. The quantitative estimate of drug-likeness (QED) is 0.836. The molecule has 0 radical (unpaired) electrons. The number of halogens is 1. The van der Waals surface area contributed by atoms with Crippen molar-refractivity contribution in [3.05, 3.63) is 28.8 Å². The van der Waals surface area contributed by atoms with Crippen molar-refractivity contribution in [3.63, 3.8) is 0 Å². The maximum atomic E-state index is 12.4. The van der Waals surface area contributed by atoms with Gasteiger partial charge in [0.05, 0.1) is 15.5 Å². The van der Waals surface area contributed by atoms with Gasteiger partial charge < -0.3 is 5.73 Å². The second kappa shape index (κ2) is 6.75. The van der Waals surface area contributed by atoms with Crippen LogP contribution in [0.1, 0.15) is 32.8 Å². The fourth-order valence-electron chi connectivity index (χ4n) is 2.21. The van der Waals surface area contributed by atoms with Gasteiger partial charge in [-0.2, -0.15) is 5.26 Å². The van der Waals surface area contributed by atoms with Crippen molar-refractivity contribution in [2.45, 2.75) is 37.6 Å². The highest BCUT2D eigenvalue weighted by Crippen LogP contribution is 2.23. The fraction of sp³-hybridized carbons (Fsp3) is 0.500. The van der Waals surface area contributed by atoms with Gasteiger partial charge >= 0.3 is 0 Å². The summed E-state index contributed by atoms with van der Waals surface area (Å²) in [7, 11) is -3.76. The van der Waals surface area contributed by atoms with Gasteiger partial charge in [-0.05, 0) is 37.5 Å². The van der Waals surface area contributed by atoms with E-state index in [1.807, 2.05) is 19.9 Å². The zero-order valence-electron chi connectivity index (χ0n) is 12.4. The first-order chi connectivity index (χ1) is 9.63. The van der Waals surface area contributed by atoms with E-state index in [2.05, 4.69) is 4.72 Å². The SMILES string of the molecule is CC(C)CC(C)(CN)NS(=O)(=O)c1ccc(Cl)c(C#N)c1. The molecule has 3 N–H and O–H groups in total. The van der Waals surface area contributed by atoms with Gasteiger partial charge in [0, 0.05) is 12.1 Å². The van der Waals surface area contributed by atoms with Crippen LogP contribution in [-0.4, -0.2) is 20.5 Å². The van der Waals surface area contributed by atoms with Crippen LogP contribution < -0.4 is 10.5 Å². The Kier molecular flexibility index (Phi) is 5.76. The van der Waals surface area contributed by atoms with Gasteiger partial charge in [-0.1, -0.05) is 25.4 Å². The number of hydrogen-bond donors (Lipinski definition) is 2. The molecule has 0 saturated heterocycles. The minimum absolute atomic E-state index is 0.00637. The molecule has 0 aliphatic rings. The third-order valence-corrected chi connectivity index (χ3v) is 5.02. The van der Waals surface area contributed by atoms with Crippen LogP contribution in [0.2, 0.25) is 5.02 Å². The summed E-state index contributed by atoms with van der Waals surface area (Å²) in [6.45, 7) is 5.95. The summed E-state index contributed by atoms with van der Waals surface area (Å²) in [5, 5.41) is 9.16. The van der Waals surface area contributed by atoms with E-state index in [1.165, 1.54) is 18.2 Å². The maximum Gasteiger partial charge on any atom is 0.241 e. The number of rotatable bonds is 6. The highest BCUT2D eigenvalue weighted by molar-refractivity contribution is 7.89. The predicted octanol–water partition coefficient (Wildman–Crippen LogP) is 2.25. The molecule has 0 aromatic heterocycles. The van der Waals surface area contributed by atoms with Gasteiger partial charge in [-0.25, -0.2) is 13.1 Å². The van der Waals surface area contributed by atoms with Crippen molar-refractivity contribution in [1.29, 1.82) is 5.26 Å². The Labute approximate surface area is 131 Å². The van der Waals surface area contributed by atoms with Crippen LogP contribution in [0.4, 0.5) is 0 Å². The average Bonchev–Trinajstić information content (AvgIpc) is 2.37. The molecule has 1 unspecified atom stereocenters. The molecule has 0 bridgehead atoms. The molecule has 0 spiro atoms. The molecule has 1 rings (SSSR count). The average molecular weight is 330 g/mol. The second-order valence-electron chi connectivity index (χ2n) is 5.72. The first-order valence-corrected chi connectivity index (χ1v) is 8.43. The predicted molar refractivity (Wildman–Crippen MR) is 83.4 cm³/mol. The van der Waals surface area contributed by atoms with Crippen molar-refractivity contribution in [3.8, 4) is 6.07 Å². The lowest BCUT2D eigenvalue weighted by atomic mass is 9.92. The van der Waals surface area contributed by atoms with Crippen molar-refractivity contribution in [2.24, 2.45) is 11.7 Å². The standard InChI is InChI=1S/C14H20ClN3O2S/c1-10(2)7-14(3,9-17)18-21(19,20)12-4-5-13(15)11(6-12)8-16/h4-6,10,18H,7,9,17H2,1-3H3. The summed E-state index contributed by atoms with van der Waals surface area (Å²) < 4.78 is 27.5. The molecule has 0 amide bonds. The summed E-state index contributed by atoms with van der Waals surface area (Å²) in [6.07, 6.45) is 0.613. The van der Waals surface area contributed by atoms with Crippen LogP contribution in [-0.2, 0) is 10.0 Å². The van der Waals surface area contributed by atoms with E-state index < -0.39 is 15.6 Å². The number of nitrogens with two attached hydrogens (primary N) is 1. The van der Waals surface area contributed by atoms with Gasteiger partial charge in [0.25, 0.3) is 0 Å². The smallest absolute Gasteiger partial charge is 0.241 e. The van der Waals surface area contributed by atoms with E-state index in [0.29, 0.717) is 12.3 Å². The lowest BCUT2D eigenvalue weighted by Crippen LogP contribution is -2.51. The molecule has 1 aromatic carbocycles. The largest absolute Gasteiger partial charge is 0.329 e. The normalized spacial score (nSPS) is 14.7. The highest BCUT2D eigenvalue weighted by atomic mass is 35.5. The van der Waals surface area contributed by atoms with Crippen molar-refractivity contribution in [1.82, 2.24) is 4.72 Å². The fourth-order valence-corrected chi connectivity index (χ4v) is 3.82. The van der Waals surface area contributed by atoms with Gasteiger partial charge in [0.15, 0.2) is 0 Å². The second-order valence-corrected chi connectivity index (χ2v) is 7.81. The molecule has 0 saturated carbocycles. The molecule has 5 nitrogen and oxygen atoms in total. The molecule has 0 heterocycles. The zero-order chi connectivity index (χ0) is 16.3. The Morgan fingerprint density at radius 1 is 1.48 bits per heavy atom. The Hall–Kier alpha value is -1.13. The minimum atomic E-state index is -3.76. The molecule has 1 atom stereocenters. The number of nitrogens with zero attached hydrogens (tertiary/aromatic N) is 1. The Morgan fingerprint density at radius 3 is 2.57 bits per heavy atom. The number of hydrogen-bond acceptors (Lipinski definition) is 4. The zero-order valence-corrected chi connectivity index (χ0v) is 13.9. The minimum Gasteiger partial charge on any atom is -0.329 e. The molecule has 0 aliphatic carbocycles. The summed E-state index contributed by atoms with van der Waals surface area (Å²) in [5.41, 5.74) is 5.11. The van der Waals surface area contributed by atoms with E-state index in [-0.39, 0.29) is 22.0 Å².